The van der Waals surface area contributed by atoms with E-state index in [1.807, 2.05) is 17.6 Å². The molecule has 4 nitrogen and oxygen atoms in total. The highest BCUT2D eigenvalue weighted by Gasteiger charge is 2.27. The number of Topliss-reactive ketones (excluding diaryl/α,β-unsaturated/α-hetero) is 1. The minimum Gasteiger partial charge on any atom is -0.467 e. The number of hydrogen-bond acceptors (Lipinski definition) is 3. The second kappa shape index (κ2) is 4.35. The zero-order valence-electron chi connectivity index (χ0n) is 10.4. The second-order valence-electron chi connectivity index (χ2n) is 4.49. The summed E-state index contributed by atoms with van der Waals surface area (Å²) in [6.07, 6.45) is 2.34. The number of ketones is 1. The molecule has 0 N–H and O–H groups in total. The normalized spacial score (nSPS) is 16.5. The first-order valence-corrected chi connectivity index (χ1v) is 5.88. The van der Waals surface area contributed by atoms with Crippen molar-refractivity contribution in [1.29, 1.82) is 0 Å². The maximum absolute atomic E-state index is 11.8. The standard InChI is InChI=1S/C13H17NO3/c1-8-7-10-11(5-4-6-12(10)15)14(8)9(2)13(16)17-3/h7,9H,4-6H2,1-3H3. The van der Waals surface area contributed by atoms with Gasteiger partial charge in [0.1, 0.15) is 6.04 Å². The van der Waals surface area contributed by atoms with E-state index in [4.69, 9.17) is 4.74 Å². The van der Waals surface area contributed by atoms with E-state index in [0.29, 0.717) is 6.42 Å². The van der Waals surface area contributed by atoms with Gasteiger partial charge in [0.2, 0.25) is 0 Å². The van der Waals surface area contributed by atoms with Crippen molar-refractivity contribution in [3.63, 3.8) is 0 Å². The van der Waals surface area contributed by atoms with Crippen molar-refractivity contribution in [3.05, 3.63) is 23.0 Å². The van der Waals surface area contributed by atoms with Crippen LogP contribution in [0.5, 0.6) is 0 Å². The largest absolute Gasteiger partial charge is 0.467 e. The topological polar surface area (TPSA) is 48.3 Å². The van der Waals surface area contributed by atoms with Gasteiger partial charge in [0.05, 0.1) is 7.11 Å². The molecule has 0 spiro atoms. The summed E-state index contributed by atoms with van der Waals surface area (Å²) < 4.78 is 6.69. The van der Waals surface area contributed by atoms with E-state index in [-0.39, 0.29) is 17.8 Å². The first kappa shape index (κ1) is 11.9. The molecule has 92 valence electrons. The van der Waals surface area contributed by atoms with Gasteiger partial charge in [0.25, 0.3) is 0 Å². The maximum Gasteiger partial charge on any atom is 0.328 e. The molecule has 0 aromatic carbocycles. The molecule has 0 saturated heterocycles. The smallest absolute Gasteiger partial charge is 0.328 e. The Labute approximate surface area is 101 Å². The number of fused-ring (bicyclic) bond motifs is 1. The number of ether oxygens (including phenoxy) is 1. The van der Waals surface area contributed by atoms with Crippen LogP contribution in [0.1, 0.15) is 47.6 Å². The lowest BCUT2D eigenvalue weighted by Gasteiger charge is -2.20. The van der Waals surface area contributed by atoms with Crippen LogP contribution in [-0.2, 0) is 16.0 Å². The van der Waals surface area contributed by atoms with Crippen LogP contribution in [0, 0.1) is 6.92 Å². The number of aromatic nitrogens is 1. The summed E-state index contributed by atoms with van der Waals surface area (Å²) in [5.41, 5.74) is 2.71. The van der Waals surface area contributed by atoms with Gasteiger partial charge in [-0.3, -0.25) is 4.79 Å². The van der Waals surface area contributed by atoms with Crippen LogP contribution in [0.4, 0.5) is 0 Å². The summed E-state index contributed by atoms with van der Waals surface area (Å²) in [6.45, 7) is 3.73. The van der Waals surface area contributed by atoms with Gasteiger partial charge in [0, 0.05) is 23.4 Å². The molecule has 1 aliphatic rings. The van der Waals surface area contributed by atoms with Crippen LogP contribution in [0.3, 0.4) is 0 Å². The number of hydrogen-bond donors (Lipinski definition) is 0. The monoisotopic (exact) mass is 235 g/mol. The quantitative estimate of drug-likeness (QED) is 0.737. The number of methoxy groups -OCH3 is 1. The lowest BCUT2D eigenvalue weighted by atomic mass is 9.96. The molecule has 17 heavy (non-hydrogen) atoms. The van der Waals surface area contributed by atoms with Crippen LogP contribution in [0.15, 0.2) is 6.07 Å². The Hall–Kier alpha value is -1.58. The fraction of sp³-hybridized carbons (Fsp3) is 0.538. The summed E-state index contributed by atoms with van der Waals surface area (Å²) in [4.78, 5) is 23.4. The van der Waals surface area contributed by atoms with E-state index in [9.17, 15) is 9.59 Å². The van der Waals surface area contributed by atoms with E-state index in [1.54, 1.807) is 6.92 Å². The predicted octanol–water partition coefficient (Wildman–Crippen LogP) is 2.05. The number of carbonyl (C=O) groups is 2. The highest BCUT2D eigenvalue weighted by molar-refractivity contribution is 5.98. The lowest BCUT2D eigenvalue weighted by molar-refractivity contribution is -0.144. The molecule has 2 rings (SSSR count). The Balaban J connectivity index is 2.48. The van der Waals surface area contributed by atoms with E-state index in [0.717, 1.165) is 29.8 Å². The number of esters is 1. The fourth-order valence-electron chi connectivity index (χ4n) is 2.57. The van der Waals surface area contributed by atoms with Crippen LogP contribution in [-0.4, -0.2) is 23.4 Å². The summed E-state index contributed by atoms with van der Waals surface area (Å²) in [5, 5.41) is 0. The van der Waals surface area contributed by atoms with E-state index in [2.05, 4.69) is 0 Å². The highest BCUT2D eigenvalue weighted by atomic mass is 16.5. The Bertz CT molecular complexity index is 473. The molecule has 1 aromatic heterocycles. The maximum atomic E-state index is 11.8. The molecule has 1 aromatic rings. The molecule has 1 aliphatic carbocycles. The third-order valence-corrected chi connectivity index (χ3v) is 3.38. The summed E-state index contributed by atoms with van der Waals surface area (Å²) in [6, 6.07) is 1.52. The molecule has 0 fully saturated rings. The van der Waals surface area contributed by atoms with Crippen molar-refractivity contribution in [2.24, 2.45) is 0 Å². The van der Waals surface area contributed by atoms with Gasteiger partial charge in [0.15, 0.2) is 5.78 Å². The Morgan fingerprint density at radius 1 is 1.47 bits per heavy atom. The van der Waals surface area contributed by atoms with Gasteiger partial charge in [-0.05, 0) is 32.8 Å². The molecular formula is C13H17NO3. The first-order valence-electron chi connectivity index (χ1n) is 5.88. The Morgan fingerprint density at radius 2 is 2.18 bits per heavy atom. The lowest BCUT2D eigenvalue weighted by Crippen LogP contribution is -2.22. The predicted molar refractivity (Wildman–Crippen MR) is 63.2 cm³/mol. The third-order valence-electron chi connectivity index (χ3n) is 3.38. The van der Waals surface area contributed by atoms with Crippen LogP contribution in [0.2, 0.25) is 0 Å². The van der Waals surface area contributed by atoms with Crippen LogP contribution in [0.25, 0.3) is 0 Å². The summed E-state index contributed by atoms with van der Waals surface area (Å²) >= 11 is 0. The summed E-state index contributed by atoms with van der Waals surface area (Å²) in [5.74, 6) is -0.0883. The summed E-state index contributed by atoms with van der Waals surface area (Å²) in [7, 11) is 1.38. The Morgan fingerprint density at radius 3 is 2.82 bits per heavy atom. The van der Waals surface area contributed by atoms with E-state index in [1.165, 1.54) is 7.11 Å². The molecule has 0 aliphatic heterocycles. The third kappa shape index (κ3) is 1.88. The van der Waals surface area contributed by atoms with Crippen molar-refractivity contribution in [2.75, 3.05) is 7.11 Å². The number of carbonyl (C=O) groups excluding carboxylic acids is 2. The molecular weight excluding hydrogens is 218 g/mol. The van der Waals surface area contributed by atoms with Crippen molar-refractivity contribution < 1.29 is 14.3 Å². The zero-order valence-corrected chi connectivity index (χ0v) is 10.4. The van der Waals surface area contributed by atoms with Crippen molar-refractivity contribution >= 4 is 11.8 Å². The van der Waals surface area contributed by atoms with Gasteiger partial charge in [-0.15, -0.1) is 0 Å². The van der Waals surface area contributed by atoms with Gasteiger partial charge in [-0.25, -0.2) is 4.79 Å². The molecule has 0 bridgehead atoms. The van der Waals surface area contributed by atoms with Gasteiger partial charge < -0.3 is 9.30 Å². The molecule has 1 atom stereocenters. The Kier molecular flexibility index (Phi) is 3.05. The fourth-order valence-corrected chi connectivity index (χ4v) is 2.57. The highest BCUT2D eigenvalue weighted by Crippen LogP contribution is 2.28. The van der Waals surface area contributed by atoms with E-state index < -0.39 is 0 Å². The SMILES string of the molecule is COC(=O)C(C)n1c(C)cc2c1CCCC2=O. The number of aryl methyl sites for hydroxylation is 1. The van der Waals surface area contributed by atoms with Crippen molar-refractivity contribution in [2.45, 2.75) is 39.2 Å². The molecule has 0 amide bonds. The van der Waals surface area contributed by atoms with Gasteiger partial charge in [-0.2, -0.15) is 0 Å². The van der Waals surface area contributed by atoms with Gasteiger partial charge in [-0.1, -0.05) is 0 Å². The molecule has 1 heterocycles. The minimum absolute atomic E-state index is 0.185. The number of rotatable bonds is 2. The molecule has 0 radical (unpaired) electrons. The number of nitrogens with zero attached hydrogens (tertiary/aromatic N) is 1. The van der Waals surface area contributed by atoms with Gasteiger partial charge >= 0.3 is 5.97 Å². The van der Waals surface area contributed by atoms with E-state index >= 15 is 0 Å². The van der Waals surface area contributed by atoms with Crippen LogP contribution >= 0.6 is 0 Å². The first-order chi connectivity index (χ1) is 8.06. The molecule has 4 heteroatoms. The zero-order chi connectivity index (χ0) is 12.6. The minimum atomic E-state index is -0.366. The average molecular weight is 235 g/mol. The van der Waals surface area contributed by atoms with Crippen molar-refractivity contribution in [1.82, 2.24) is 4.57 Å². The average Bonchev–Trinajstić information content (AvgIpc) is 2.65. The van der Waals surface area contributed by atoms with Crippen LogP contribution < -0.4 is 0 Å². The van der Waals surface area contributed by atoms with Crippen molar-refractivity contribution in [3.8, 4) is 0 Å². The molecule has 1 unspecified atom stereocenters. The molecule has 0 saturated carbocycles. The second-order valence-corrected chi connectivity index (χ2v) is 4.49.